The van der Waals surface area contributed by atoms with Crippen LogP contribution in [0.4, 0.5) is 17.2 Å². The van der Waals surface area contributed by atoms with E-state index in [0.717, 1.165) is 15.7 Å². The van der Waals surface area contributed by atoms with E-state index in [1.807, 2.05) is 43.3 Å². The Labute approximate surface area is 154 Å². The number of amides is 1. The number of nitrogens with zero attached hydrogens (tertiary/aromatic N) is 2. The summed E-state index contributed by atoms with van der Waals surface area (Å²) in [5.41, 5.74) is 4.23. The predicted octanol–water partition coefficient (Wildman–Crippen LogP) is 4.85. The maximum atomic E-state index is 12.3. The monoisotopic (exact) mass is 396 g/mol. The Bertz CT molecular complexity index is 910. The normalized spacial score (nSPS) is 10.4. The van der Waals surface area contributed by atoms with Crippen LogP contribution in [0.25, 0.3) is 0 Å². The van der Waals surface area contributed by atoms with Crippen molar-refractivity contribution in [1.82, 2.24) is 9.97 Å². The molecule has 1 amide bonds. The second-order valence-electron chi connectivity index (χ2n) is 5.66. The summed E-state index contributed by atoms with van der Waals surface area (Å²) < 4.78 is 0.810. The first-order valence-electron chi connectivity index (χ1n) is 7.75. The molecule has 0 unspecified atom stereocenters. The number of nitrogens with one attached hydrogen (secondary N) is 2. The number of carbonyl (C=O) groups is 1. The molecule has 0 saturated heterocycles. The fraction of sp³-hybridized carbons (Fsp3) is 0.105. The zero-order valence-electron chi connectivity index (χ0n) is 13.9. The number of anilines is 3. The number of carbonyl (C=O) groups excluding carboxylic acids is 1. The first-order valence-corrected chi connectivity index (χ1v) is 8.54. The Kier molecular flexibility index (Phi) is 5.09. The summed E-state index contributed by atoms with van der Waals surface area (Å²) in [6, 6.07) is 13.5. The molecule has 2 aromatic carbocycles. The number of halogens is 1. The van der Waals surface area contributed by atoms with Gasteiger partial charge in [-0.05, 0) is 53.5 Å². The van der Waals surface area contributed by atoms with Gasteiger partial charge in [0, 0.05) is 10.2 Å². The smallest absolute Gasteiger partial charge is 0.275 e. The van der Waals surface area contributed by atoms with Crippen molar-refractivity contribution in [1.29, 1.82) is 0 Å². The van der Waals surface area contributed by atoms with Gasteiger partial charge < -0.3 is 10.6 Å². The molecule has 1 heterocycles. The fourth-order valence-corrected chi connectivity index (χ4v) is 2.73. The molecule has 0 radical (unpaired) electrons. The van der Waals surface area contributed by atoms with E-state index in [-0.39, 0.29) is 11.6 Å². The molecule has 6 heteroatoms. The fourth-order valence-electron chi connectivity index (χ4n) is 2.35. The van der Waals surface area contributed by atoms with Gasteiger partial charge in [0.25, 0.3) is 5.91 Å². The van der Waals surface area contributed by atoms with Crippen LogP contribution in [0.1, 0.15) is 21.6 Å². The number of aromatic nitrogens is 2. The highest BCUT2D eigenvalue weighted by molar-refractivity contribution is 9.10. The van der Waals surface area contributed by atoms with Crippen molar-refractivity contribution in [2.24, 2.45) is 0 Å². The first-order chi connectivity index (χ1) is 12.0. The summed E-state index contributed by atoms with van der Waals surface area (Å²) in [5, 5.41) is 6.01. The Hall–Kier alpha value is -2.73. The molecule has 3 rings (SSSR count). The minimum atomic E-state index is -0.308. The van der Waals surface area contributed by atoms with Gasteiger partial charge >= 0.3 is 0 Å². The largest absolute Gasteiger partial charge is 0.339 e. The maximum absolute atomic E-state index is 12.3. The molecule has 25 heavy (non-hydrogen) atoms. The molecule has 0 spiro atoms. The number of hydrogen-bond acceptors (Lipinski definition) is 4. The Morgan fingerprint density at radius 1 is 1.00 bits per heavy atom. The van der Waals surface area contributed by atoms with Crippen LogP contribution < -0.4 is 10.6 Å². The maximum Gasteiger partial charge on any atom is 0.275 e. The number of hydrogen-bond donors (Lipinski definition) is 2. The van der Waals surface area contributed by atoms with E-state index >= 15 is 0 Å². The van der Waals surface area contributed by atoms with Gasteiger partial charge in [-0.15, -0.1) is 0 Å². The van der Waals surface area contributed by atoms with E-state index in [0.29, 0.717) is 11.5 Å². The Balaban J connectivity index is 1.71. The molecular weight excluding hydrogens is 380 g/mol. The summed E-state index contributed by atoms with van der Waals surface area (Å²) in [6.07, 6.45) is 3.01. The van der Waals surface area contributed by atoms with E-state index in [1.54, 1.807) is 6.20 Å². The van der Waals surface area contributed by atoms with Gasteiger partial charge in [0.2, 0.25) is 0 Å². The van der Waals surface area contributed by atoms with Crippen LogP contribution in [0, 0.1) is 13.8 Å². The summed E-state index contributed by atoms with van der Waals surface area (Å²) in [4.78, 5) is 20.7. The lowest BCUT2D eigenvalue weighted by Gasteiger charge is -2.10. The van der Waals surface area contributed by atoms with Gasteiger partial charge in [-0.25, -0.2) is 9.97 Å². The van der Waals surface area contributed by atoms with Crippen LogP contribution in [0.15, 0.2) is 59.3 Å². The van der Waals surface area contributed by atoms with Crippen molar-refractivity contribution in [3.05, 3.63) is 76.2 Å². The predicted molar refractivity (Wildman–Crippen MR) is 103 cm³/mol. The Morgan fingerprint density at radius 3 is 2.48 bits per heavy atom. The molecule has 0 atom stereocenters. The minimum absolute atomic E-state index is 0.252. The van der Waals surface area contributed by atoms with Gasteiger partial charge in [-0.3, -0.25) is 4.79 Å². The lowest BCUT2D eigenvalue weighted by atomic mass is 10.1. The Morgan fingerprint density at radius 2 is 1.80 bits per heavy atom. The molecule has 0 bridgehead atoms. The van der Waals surface area contributed by atoms with Crippen molar-refractivity contribution in [3.63, 3.8) is 0 Å². The molecule has 1 aromatic heterocycles. The highest BCUT2D eigenvalue weighted by Crippen LogP contribution is 2.22. The van der Waals surface area contributed by atoms with E-state index in [4.69, 9.17) is 0 Å². The van der Waals surface area contributed by atoms with Crippen molar-refractivity contribution < 1.29 is 4.79 Å². The van der Waals surface area contributed by atoms with E-state index in [1.165, 1.54) is 11.8 Å². The van der Waals surface area contributed by atoms with E-state index in [9.17, 15) is 4.79 Å². The second-order valence-corrected chi connectivity index (χ2v) is 6.52. The van der Waals surface area contributed by atoms with Crippen LogP contribution >= 0.6 is 15.9 Å². The van der Waals surface area contributed by atoms with Gasteiger partial charge in [0.05, 0.1) is 18.1 Å². The van der Waals surface area contributed by atoms with E-state index < -0.39 is 0 Å². The second kappa shape index (κ2) is 7.44. The summed E-state index contributed by atoms with van der Waals surface area (Å²) in [5.74, 6) is 0.280. The van der Waals surface area contributed by atoms with Crippen LogP contribution in [-0.4, -0.2) is 15.9 Å². The van der Waals surface area contributed by atoms with Crippen LogP contribution in [0.5, 0.6) is 0 Å². The van der Waals surface area contributed by atoms with Crippen molar-refractivity contribution in [3.8, 4) is 0 Å². The lowest BCUT2D eigenvalue weighted by Crippen LogP contribution is -2.14. The third-order valence-electron chi connectivity index (χ3n) is 3.65. The summed E-state index contributed by atoms with van der Waals surface area (Å²) in [6.45, 7) is 4.08. The van der Waals surface area contributed by atoms with Crippen LogP contribution in [0.3, 0.4) is 0 Å². The average Bonchev–Trinajstić information content (AvgIpc) is 2.60. The molecule has 0 aliphatic carbocycles. The number of rotatable bonds is 4. The van der Waals surface area contributed by atoms with E-state index in [2.05, 4.69) is 49.5 Å². The van der Waals surface area contributed by atoms with Gasteiger partial charge in [0.15, 0.2) is 0 Å². The van der Waals surface area contributed by atoms with Crippen LogP contribution in [0.2, 0.25) is 0 Å². The third kappa shape index (κ3) is 4.22. The number of aryl methyl sites for hydroxylation is 2. The first kappa shape index (κ1) is 17.1. The molecular formula is C19H17BrN4O. The zero-order valence-corrected chi connectivity index (χ0v) is 15.5. The van der Waals surface area contributed by atoms with Crippen molar-refractivity contribution >= 4 is 39.0 Å². The average molecular weight is 397 g/mol. The molecule has 2 N–H and O–H groups in total. The summed E-state index contributed by atoms with van der Waals surface area (Å²) >= 11 is 3.40. The molecule has 0 aliphatic heterocycles. The quantitative estimate of drug-likeness (QED) is 0.661. The molecule has 0 saturated carbocycles. The zero-order chi connectivity index (χ0) is 17.8. The SMILES string of the molecule is Cc1ccc(Nc2cnc(C(=O)Nc3ccccc3Br)cn2)c(C)c1. The molecule has 0 fully saturated rings. The standard InChI is InChI=1S/C19H17BrN4O/c1-12-7-8-15(13(2)9-12)23-18-11-21-17(10-22-18)19(25)24-16-6-4-3-5-14(16)20/h3-11H,1-2H3,(H,22,23)(H,24,25). The van der Waals surface area contributed by atoms with Gasteiger partial charge in [-0.2, -0.15) is 0 Å². The molecule has 126 valence electrons. The lowest BCUT2D eigenvalue weighted by molar-refractivity contribution is 0.102. The van der Waals surface area contributed by atoms with Crippen molar-refractivity contribution in [2.45, 2.75) is 13.8 Å². The van der Waals surface area contributed by atoms with Gasteiger partial charge in [0.1, 0.15) is 11.5 Å². The van der Waals surface area contributed by atoms with Crippen LogP contribution in [-0.2, 0) is 0 Å². The molecule has 0 aliphatic rings. The highest BCUT2D eigenvalue weighted by Gasteiger charge is 2.10. The third-order valence-corrected chi connectivity index (χ3v) is 4.34. The van der Waals surface area contributed by atoms with Crippen molar-refractivity contribution in [2.75, 3.05) is 10.6 Å². The molecule has 3 aromatic rings. The molecule has 5 nitrogen and oxygen atoms in total. The minimum Gasteiger partial charge on any atom is -0.339 e. The number of para-hydroxylation sites is 1. The highest BCUT2D eigenvalue weighted by atomic mass is 79.9. The van der Waals surface area contributed by atoms with Gasteiger partial charge in [-0.1, -0.05) is 29.8 Å². The summed E-state index contributed by atoms with van der Waals surface area (Å²) in [7, 11) is 0. The number of benzene rings is 2. The topological polar surface area (TPSA) is 66.9 Å².